The van der Waals surface area contributed by atoms with E-state index in [-0.39, 0.29) is 5.92 Å². The summed E-state index contributed by atoms with van der Waals surface area (Å²) in [7, 11) is 0. The van der Waals surface area contributed by atoms with Crippen LogP contribution >= 0.6 is 0 Å². The van der Waals surface area contributed by atoms with E-state index in [2.05, 4.69) is 22.3 Å². The Kier molecular flexibility index (Phi) is 4.06. The molecule has 4 rings (SSSR count). The van der Waals surface area contributed by atoms with Crippen molar-refractivity contribution in [3.8, 4) is 0 Å². The van der Waals surface area contributed by atoms with Crippen molar-refractivity contribution in [3.63, 3.8) is 0 Å². The zero-order valence-corrected chi connectivity index (χ0v) is 13.9. The standard InChI is InChI=1S/C20H21FN2O2/c21-16-6-7-18-17(10-16)20(25,19(24)22-18)11-15-8-9-23(13-15)12-14-4-2-1-3-5-14/h1-7,10,15,25H,8-9,11-13H2,(H,22,24). The Bertz CT molecular complexity index is 796. The molecule has 130 valence electrons. The first-order valence-corrected chi connectivity index (χ1v) is 8.65. The minimum absolute atomic E-state index is 0.202. The lowest BCUT2D eigenvalue weighted by Crippen LogP contribution is -2.37. The van der Waals surface area contributed by atoms with Crippen molar-refractivity contribution in [1.29, 1.82) is 0 Å². The van der Waals surface area contributed by atoms with E-state index in [1.165, 1.54) is 23.8 Å². The largest absolute Gasteiger partial charge is 0.375 e. The second kappa shape index (κ2) is 6.24. The molecule has 2 aliphatic rings. The minimum Gasteiger partial charge on any atom is -0.375 e. The summed E-state index contributed by atoms with van der Waals surface area (Å²) in [6.07, 6.45) is 1.24. The van der Waals surface area contributed by atoms with Crippen LogP contribution in [0.1, 0.15) is 24.0 Å². The average Bonchev–Trinajstić information content (AvgIpc) is 3.12. The highest BCUT2D eigenvalue weighted by Gasteiger charge is 2.47. The van der Waals surface area contributed by atoms with Gasteiger partial charge in [0, 0.05) is 24.3 Å². The Balaban J connectivity index is 1.46. The predicted molar refractivity (Wildman–Crippen MR) is 93.4 cm³/mol. The van der Waals surface area contributed by atoms with Crippen LogP contribution in [0.5, 0.6) is 0 Å². The van der Waals surface area contributed by atoms with Crippen LogP contribution in [-0.2, 0) is 16.9 Å². The second-order valence-electron chi connectivity index (χ2n) is 7.08. The number of amides is 1. The Morgan fingerprint density at radius 3 is 2.84 bits per heavy atom. The molecule has 1 amide bonds. The highest BCUT2D eigenvalue weighted by atomic mass is 19.1. The summed E-state index contributed by atoms with van der Waals surface area (Å²) in [5.41, 5.74) is 0.491. The molecule has 0 radical (unpaired) electrons. The van der Waals surface area contributed by atoms with E-state index in [1.54, 1.807) is 0 Å². The van der Waals surface area contributed by atoms with Gasteiger partial charge in [-0.3, -0.25) is 9.69 Å². The maximum atomic E-state index is 13.6. The van der Waals surface area contributed by atoms with Crippen molar-refractivity contribution in [2.75, 3.05) is 18.4 Å². The quantitative estimate of drug-likeness (QED) is 0.900. The van der Waals surface area contributed by atoms with Gasteiger partial charge in [-0.2, -0.15) is 0 Å². The fourth-order valence-electron chi connectivity index (χ4n) is 4.00. The Morgan fingerprint density at radius 2 is 2.04 bits per heavy atom. The first kappa shape index (κ1) is 16.2. The van der Waals surface area contributed by atoms with E-state index in [4.69, 9.17) is 0 Å². The van der Waals surface area contributed by atoms with Gasteiger partial charge >= 0.3 is 0 Å². The Hall–Kier alpha value is -2.24. The molecule has 2 atom stereocenters. The number of aliphatic hydroxyl groups is 1. The zero-order chi connectivity index (χ0) is 17.4. The lowest BCUT2D eigenvalue weighted by atomic mass is 9.85. The SMILES string of the molecule is O=C1Nc2ccc(F)cc2C1(O)CC1CCN(Cc2ccccc2)C1. The number of carbonyl (C=O) groups is 1. The molecule has 0 aliphatic carbocycles. The molecule has 2 aromatic carbocycles. The molecule has 0 spiro atoms. The van der Waals surface area contributed by atoms with Gasteiger partial charge in [-0.1, -0.05) is 30.3 Å². The van der Waals surface area contributed by atoms with Crippen LogP contribution in [0.3, 0.4) is 0 Å². The fraction of sp³-hybridized carbons (Fsp3) is 0.350. The highest BCUT2D eigenvalue weighted by Crippen LogP contribution is 2.42. The molecule has 0 bridgehead atoms. The summed E-state index contributed by atoms with van der Waals surface area (Å²) in [5.74, 6) is -0.686. The van der Waals surface area contributed by atoms with Crippen LogP contribution in [0.15, 0.2) is 48.5 Å². The maximum absolute atomic E-state index is 13.6. The number of fused-ring (bicyclic) bond motifs is 1. The third-order valence-electron chi connectivity index (χ3n) is 5.25. The summed E-state index contributed by atoms with van der Waals surface area (Å²) in [4.78, 5) is 14.7. The van der Waals surface area contributed by atoms with Crippen molar-refractivity contribution in [2.45, 2.75) is 25.0 Å². The molecule has 2 heterocycles. The van der Waals surface area contributed by atoms with Crippen LogP contribution in [-0.4, -0.2) is 29.0 Å². The molecule has 25 heavy (non-hydrogen) atoms. The molecule has 1 saturated heterocycles. The number of carbonyl (C=O) groups excluding carboxylic acids is 1. The van der Waals surface area contributed by atoms with Gasteiger partial charge in [-0.25, -0.2) is 4.39 Å². The molecule has 0 aromatic heterocycles. The van der Waals surface area contributed by atoms with Gasteiger partial charge in [-0.05, 0) is 49.1 Å². The van der Waals surface area contributed by atoms with Crippen molar-refractivity contribution in [2.24, 2.45) is 5.92 Å². The van der Waals surface area contributed by atoms with E-state index < -0.39 is 17.3 Å². The molecule has 1 fully saturated rings. The topological polar surface area (TPSA) is 52.6 Å². The van der Waals surface area contributed by atoms with Crippen molar-refractivity contribution >= 4 is 11.6 Å². The average molecular weight is 340 g/mol. The first-order chi connectivity index (χ1) is 12.0. The second-order valence-corrected chi connectivity index (χ2v) is 7.08. The number of hydrogen-bond donors (Lipinski definition) is 2. The molecule has 0 saturated carbocycles. The van der Waals surface area contributed by atoms with E-state index >= 15 is 0 Å². The van der Waals surface area contributed by atoms with Crippen molar-refractivity contribution < 1.29 is 14.3 Å². The summed E-state index contributed by atoms with van der Waals surface area (Å²) in [6.45, 7) is 2.63. The number of likely N-dealkylation sites (tertiary alicyclic amines) is 1. The van der Waals surface area contributed by atoms with E-state index in [9.17, 15) is 14.3 Å². The van der Waals surface area contributed by atoms with Crippen LogP contribution < -0.4 is 5.32 Å². The minimum atomic E-state index is -1.63. The lowest BCUT2D eigenvalue weighted by Gasteiger charge is -2.25. The fourth-order valence-corrected chi connectivity index (χ4v) is 4.00. The van der Waals surface area contributed by atoms with E-state index in [0.717, 1.165) is 26.1 Å². The summed E-state index contributed by atoms with van der Waals surface area (Å²) < 4.78 is 13.6. The van der Waals surface area contributed by atoms with Gasteiger partial charge in [0.25, 0.3) is 5.91 Å². The molecular formula is C20H21FN2O2. The predicted octanol–water partition coefficient (Wildman–Crippen LogP) is 2.88. The molecule has 2 aromatic rings. The summed E-state index contributed by atoms with van der Waals surface area (Å²) in [5, 5.41) is 13.6. The molecule has 5 heteroatoms. The van der Waals surface area contributed by atoms with Crippen molar-refractivity contribution in [3.05, 3.63) is 65.5 Å². The monoisotopic (exact) mass is 340 g/mol. The number of nitrogens with one attached hydrogen (secondary N) is 1. The Morgan fingerprint density at radius 1 is 1.24 bits per heavy atom. The lowest BCUT2D eigenvalue weighted by molar-refractivity contribution is -0.135. The van der Waals surface area contributed by atoms with Gasteiger partial charge in [0.05, 0.1) is 0 Å². The summed E-state index contributed by atoms with van der Waals surface area (Å²) >= 11 is 0. The van der Waals surface area contributed by atoms with Crippen LogP contribution in [0.2, 0.25) is 0 Å². The molecule has 2 unspecified atom stereocenters. The van der Waals surface area contributed by atoms with Gasteiger partial charge in [0.15, 0.2) is 5.60 Å². The first-order valence-electron chi connectivity index (χ1n) is 8.65. The van der Waals surface area contributed by atoms with Gasteiger partial charge in [-0.15, -0.1) is 0 Å². The number of hydrogen-bond acceptors (Lipinski definition) is 3. The third kappa shape index (κ3) is 3.05. The molecular weight excluding hydrogens is 319 g/mol. The molecule has 2 aliphatic heterocycles. The van der Waals surface area contributed by atoms with E-state index in [0.29, 0.717) is 17.7 Å². The van der Waals surface area contributed by atoms with Gasteiger partial charge in [0.2, 0.25) is 0 Å². The van der Waals surface area contributed by atoms with Gasteiger partial charge < -0.3 is 10.4 Å². The van der Waals surface area contributed by atoms with Crippen LogP contribution in [0.25, 0.3) is 0 Å². The Labute approximate surface area is 146 Å². The molecule has 4 nitrogen and oxygen atoms in total. The normalized spacial score (nSPS) is 25.8. The van der Waals surface area contributed by atoms with Crippen LogP contribution in [0, 0.1) is 11.7 Å². The zero-order valence-electron chi connectivity index (χ0n) is 13.9. The number of rotatable bonds is 4. The van der Waals surface area contributed by atoms with Gasteiger partial charge in [0.1, 0.15) is 5.82 Å². The van der Waals surface area contributed by atoms with E-state index in [1.807, 2.05) is 18.2 Å². The van der Waals surface area contributed by atoms with Crippen molar-refractivity contribution in [1.82, 2.24) is 4.90 Å². The number of halogens is 1. The summed E-state index contributed by atoms with van der Waals surface area (Å²) in [6, 6.07) is 14.3. The van der Waals surface area contributed by atoms with Crippen LogP contribution in [0.4, 0.5) is 10.1 Å². The third-order valence-corrected chi connectivity index (χ3v) is 5.25. The number of anilines is 1. The maximum Gasteiger partial charge on any atom is 0.261 e. The highest BCUT2D eigenvalue weighted by molar-refractivity contribution is 6.04. The number of nitrogens with zero attached hydrogens (tertiary/aromatic N) is 1. The molecule has 2 N–H and O–H groups in total. The number of benzene rings is 2. The smallest absolute Gasteiger partial charge is 0.261 e.